The lowest BCUT2D eigenvalue weighted by Gasteiger charge is -2.32. The molecule has 1 aromatic carbocycles. The zero-order valence-corrected chi connectivity index (χ0v) is 19.2. The first-order valence-electron chi connectivity index (χ1n) is 12.1. The van der Waals surface area contributed by atoms with E-state index in [4.69, 9.17) is 0 Å². The summed E-state index contributed by atoms with van der Waals surface area (Å²) in [5, 5.41) is 19.2. The van der Waals surface area contributed by atoms with E-state index >= 15 is 0 Å². The minimum absolute atomic E-state index is 0.00912. The Kier molecular flexibility index (Phi) is 8.30. The second-order valence-electron chi connectivity index (χ2n) is 8.92. The highest BCUT2D eigenvalue weighted by molar-refractivity contribution is 5.84. The highest BCUT2D eigenvalue weighted by Gasteiger charge is 2.25. The van der Waals surface area contributed by atoms with Crippen molar-refractivity contribution in [2.24, 2.45) is 5.92 Å². The topological polar surface area (TPSA) is 115 Å². The number of carbonyl (C=O) groups excluding carboxylic acids is 1. The molecule has 3 heterocycles. The van der Waals surface area contributed by atoms with Crippen LogP contribution in [0.15, 0.2) is 30.3 Å². The van der Waals surface area contributed by atoms with Crippen LogP contribution in [-0.2, 0) is 11.2 Å². The Bertz CT molecular complexity index is 896. The number of aliphatic hydroxyl groups is 1. The van der Waals surface area contributed by atoms with E-state index in [1.807, 2.05) is 6.07 Å². The molecular weight excluding hydrogens is 418 g/mol. The molecular formula is C24H35N7O2. The molecule has 9 heteroatoms. The summed E-state index contributed by atoms with van der Waals surface area (Å²) in [5.41, 5.74) is 1.31. The molecule has 33 heavy (non-hydrogen) atoms. The lowest BCUT2D eigenvalue weighted by Crippen LogP contribution is -2.39. The van der Waals surface area contributed by atoms with E-state index in [0.717, 1.165) is 64.6 Å². The average Bonchev–Trinajstić information content (AvgIpc) is 3.06. The first kappa shape index (κ1) is 23.2. The van der Waals surface area contributed by atoms with Gasteiger partial charge in [0.05, 0.1) is 0 Å². The van der Waals surface area contributed by atoms with Crippen molar-refractivity contribution in [3.05, 3.63) is 35.9 Å². The van der Waals surface area contributed by atoms with Crippen molar-refractivity contribution in [2.75, 3.05) is 48.3 Å². The second kappa shape index (κ2) is 11.8. The highest BCUT2D eigenvalue weighted by atomic mass is 16.3. The van der Waals surface area contributed by atoms with Gasteiger partial charge in [-0.25, -0.2) is 0 Å². The molecule has 0 aliphatic carbocycles. The van der Waals surface area contributed by atoms with E-state index in [9.17, 15) is 9.90 Å². The van der Waals surface area contributed by atoms with E-state index in [1.165, 1.54) is 5.56 Å². The fourth-order valence-corrected chi connectivity index (χ4v) is 4.42. The summed E-state index contributed by atoms with van der Waals surface area (Å²) in [5.74, 6) is 1.73. The molecule has 2 unspecified atom stereocenters. The van der Waals surface area contributed by atoms with Crippen molar-refractivity contribution in [3.63, 3.8) is 0 Å². The molecule has 2 aliphatic heterocycles. The number of hydrogen-bond acceptors (Lipinski definition) is 8. The van der Waals surface area contributed by atoms with E-state index in [1.54, 1.807) is 0 Å². The number of piperidine rings is 1. The molecule has 2 fully saturated rings. The van der Waals surface area contributed by atoms with Gasteiger partial charge in [-0.2, -0.15) is 15.0 Å². The maximum Gasteiger partial charge on any atom is 0.242 e. The molecule has 4 rings (SSSR count). The van der Waals surface area contributed by atoms with Crippen LogP contribution in [0.1, 0.15) is 44.1 Å². The van der Waals surface area contributed by atoms with Crippen molar-refractivity contribution in [1.29, 1.82) is 0 Å². The van der Waals surface area contributed by atoms with Crippen LogP contribution in [-0.4, -0.2) is 64.8 Å². The highest BCUT2D eigenvalue weighted by Crippen LogP contribution is 2.22. The predicted molar refractivity (Wildman–Crippen MR) is 129 cm³/mol. The molecule has 9 nitrogen and oxygen atoms in total. The number of nitrogens with one attached hydrogen (secondary N) is 3. The van der Waals surface area contributed by atoms with Gasteiger partial charge in [0.15, 0.2) is 0 Å². The van der Waals surface area contributed by atoms with E-state index < -0.39 is 0 Å². The summed E-state index contributed by atoms with van der Waals surface area (Å²) in [6.07, 6.45) is 6.64. The van der Waals surface area contributed by atoms with Crippen molar-refractivity contribution in [2.45, 2.75) is 51.0 Å². The molecule has 2 aromatic rings. The molecule has 1 aromatic heterocycles. The Morgan fingerprint density at radius 3 is 2.76 bits per heavy atom. The second-order valence-corrected chi connectivity index (χ2v) is 8.92. The van der Waals surface area contributed by atoms with Gasteiger partial charge in [0, 0.05) is 32.8 Å². The normalized spacial score (nSPS) is 21.2. The number of amides is 1. The third-order valence-corrected chi connectivity index (χ3v) is 6.29. The average molecular weight is 454 g/mol. The van der Waals surface area contributed by atoms with Gasteiger partial charge in [0.2, 0.25) is 23.8 Å². The van der Waals surface area contributed by atoms with E-state index in [-0.39, 0.29) is 24.5 Å². The van der Waals surface area contributed by atoms with Crippen molar-refractivity contribution in [3.8, 4) is 0 Å². The quantitative estimate of drug-likeness (QED) is 0.427. The molecule has 0 saturated carbocycles. The molecule has 2 atom stereocenters. The Morgan fingerprint density at radius 1 is 1.06 bits per heavy atom. The number of hydrogen-bond donors (Lipinski definition) is 4. The summed E-state index contributed by atoms with van der Waals surface area (Å²) in [6.45, 7) is 3.18. The molecule has 2 saturated heterocycles. The SMILES string of the molecule is O=C1NCCCCC1Nc1nc(NCCCc2ccccc2)nc(N2CCCC(CO)C2)n1. The summed E-state index contributed by atoms with van der Waals surface area (Å²) in [6, 6.07) is 10.1. The van der Waals surface area contributed by atoms with E-state index in [0.29, 0.717) is 24.4 Å². The maximum atomic E-state index is 12.4. The van der Waals surface area contributed by atoms with E-state index in [2.05, 4.69) is 60.1 Å². The fourth-order valence-electron chi connectivity index (χ4n) is 4.42. The standard InChI is InChI=1S/C24H35N7O2/c32-17-19-11-7-15-31(16-19)24-29-22(26-14-6-10-18-8-2-1-3-9-18)28-23(30-24)27-20-12-4-5-13-25-21(20)33/h1-3,8-9,19-20,32H,4-7,10-17H2,(H,25,33)(H2,26,27,28,29,30). The Hall–Kier alpha value is -2.94. The number of aromatic nitrogens is 3. The number of carbonyl (C=O) groups is 1. The molecule has 2 aliphatic rings. The van der Waals surface area contributed by atoms with Gasteiger partial charge in [-0.3, -0.25) is 4.79 Å². The number of rotatable bonds is 9. The Labute approximate surface area is 195 Å². The van der Waals surface area contributed by atoms with Crippen LogP contribution >= 0.6 is 0 Å². The first-order valence-corrected chi connectivity index (χ1v) is 12.1. The van der Waals surface area contributed by atoms with Crippen LogP contribution in [0.5, 0.6) is 0 Å². The van der Waals surface area contributed by atoms with Crippen molar-refractivity contribution >= 4 is 23.8 Å². The lowest BCUT2D eigenvalue weighted by molar-refractivity contribution is -0.121. The van der Waals surface area contributed by atoms with Gasteiger partial charge in [-0.15, -0.1) is 0 Å². The maximum absolute atomic E-state index is 12.4. The predicted octanol–water partition coefficient (Wildman–Crippen LogP) is 2.21. The van der Waals surface area contributed by atoms with Gasteiger partial charge in [-0.1, -0.05) is 30.3 Å². The van der Waals surface area contributed by atoms with Gasteiger partial charge >= 0.3 is 0 Å². The van der Waals surface area contributed by atoms with Gasteiger partial charge in [0.1, 0.15) is 6.04 Å². The number of aryl methyl sites for hydroxylation is 1. The number of nitrogens with zero attached hydrogens (tertiary/aromatic N) is 4. The van der Waals surface area contributed by atoms with Crippen LogP contribution in [0.4, 0.5) is 17.8 Å². The van der Waals surface area contributed by atoms with Gasteiger partial charge in [0.25, 0.3) is 0 Å². The molecule has 178 valence electrons. The number of anilines is 3. The van der Waals surface area contributed by atoms with Crippen LogP contribution < -0.4 is 20.9 Å². The number of aliphatic hydroxyl groups excluding tert-OH is 1. The lowest BCUT2D eigenvalue weighted by atomic mass is 9.99. The minimum atomic E-state index is -0.347. The van der Waals surface area contributed by atoms with Gasteiger partial charge < -0.3 is 26.0 Å². The zero-order valence-electron chi connectivity index (χ0n) is 19.2. The Morgan fingerprint density at radius 2 is 1.91 bits per heavy atom. The summed E-state index contributed by atoms with van der Waals surface area (Å²) >= 11 is 0. The number of benzene rings is 1. The van der Waals surface area contributed by atoms with Gasteiger partial charge in [-0.05, 0) is 56.4 Å². The monoisotopic (exact) mass is 453 g/mol. The van der Waals surface area contributed by atoms with Crippen LogP contribution in [0.25, 0.3) is 0 Å². The molecule has 4 N–H and O–H groups in total. The first-order chi connectivity index (χ1) is 16.2. The molecule has 0 spiro atoms. The van der Waals surface area contributed by atoms with Crippen LogP contribution in [0.3, 0.4) is 0 Å². The third kappa shape index (κ3) is 6.77. The summed E-state index contributed by atoms with van der Waals surface area (Å²) < 4.78 is 0. The minimum Gasteiger partial charge on any atom is -0.396 e. The largest absolute Gasteiger partial charge is 0.396 e. The molecule has 0 radical (unpaired) electrons. The van der Waals surface area contributed by atoms with Crippen molar-refractivity contribution < 1.29 is 9.90 Å². The third-order valence-electron chi connectivity index (χ3n) is 6.29. The Balaban J connectivity index is 1.46. The fraction of sp³-hybridized carbons (Fsp3) is 0.583. The molecule has 0 bridgehead atoms. The van der Waals surface area contributed by atoms with Crippen LogP contribution in [0, 0.1) is 5.92 Å². The van der Waals surface area contributed by atoms with Crippen molar-refractivity contribution in [1.82, 2.24) is 20.3 Å². The summed E-state index contributed by atoms with van der Waals surface area (Å²) in [4.78, 5) is 28.4. The smallest absolute Gasteiger partial charge is 0.242 e. The summed E-state index contributed by atoms with van der Waals surface area (Å²) in [7, 11) is 0. The molecule has 1 amide bonds. The van der Waals surface area contributed by atoms with Crippen LogP contribution in [0.2, 0.25) is 0 Å². The zero-order chi connectivity index (χ0) is 22.9.